The molecule has 11 heteroatoms. The van der Waals surface area contributed by atoms with Gasteiger partial charge in [-0.3, -0.25) is 24.8 Å². The van der Waals surface area contributed by atoms with Gasteiger partial charge in [-0.1, -0.05) is 30.0 Å². The van der Waals surface area contributed by atoms with E-state index in [1.165, 1.54) is 36.0 Å². The summed E-state index contributed by atoms with van der Waals surface area (Å²) in [5, 5.41) is 31.1. The molecule has 0 amide bonds. The van der Waals surface area contributed by atoms with Gasteiger partial charge >= 0.3 is 0 Å². The molecule has 0 fully saturated rings. The Balaban J connectivity index is 1.68. The number of hydrogen-bond donors (Lipinski definition) is 0. The second-order valence-electron chi connectivity index (χ2n) is 5.77. The molecule has 2 aromatic carbocycles. The SMILES string of the molecule is O=[N+]([O-])c1cccc(-c2nnc3n2CN(c2cccc([N+](=O)[O-])c2)CS3)c1. The lowest BCUT2D eigenvalue weighted by molar-refractivity contribution is -0.385. The van der Waals surface area contributed by atoms with Gasteiger partial charge in [-0.2, -0.15) is 0 Å². The van der Waals surface area contributed by atoms with Crippen molar-refractivity contribution in [2.75, 3.05) is 10.8 Å². The Bertz CT molecular complexity index is 1050. The van der Waals surface area contributed by atoms with E-state index in [1.54, 1.807) is 24.3 Å². The van der Waals surface area contributed by atoms with Crippen LogP contribution in [0.15, 0.2) is 53.7 Å². The first-order chi connectivity index (χ1) is 13.0. The van der Waals surface area contributed by atoms with E-state index in [0.29, 0.717) is 34.8 Å². The number of thioether (sulfide) groups is 1. The highest BCUT2D eigenvalue weighted by atomic mass is 32.2. The summed E-state index contributed by atoms with van der Waals surface area (Å²) in [5.41, 5.74) is 1.29. The highest BCUT2D eigenvalue weighted by Gasteiger charge is 2.24. The number of non-ortho nitro benzene ring substituents is 2. The molecule has 0 atom stereocenters. The quantitative estimate of drug-likeness (QED) is 0.496. The number of nitrogens with zero attached hydrogens (tertiary/aromatic N) is 6. The monoisotopic (exact) mass is 384 g/mol. The maximum absolute atomic E-state index is 11.0. The maximum atomic E-state index is 11.0. The molecule has 4 rings (SSSR count). The largest absolute Gasteiger partial charge is 0.343 e. The lowest BCUT2D eigenvalue weighted by atomic mass is 10.2. The van der Waals surface area contributed by atoms with Crippen LogP contribution < -0.4 is 4.90 Å². The number of nitro benzene ring substituents is 2. The number of hydrogen-bond acceptors (Lipinski definition) is 8. The molecule has 0 radical (unpaired) electrons. The summed E-state index contributed by atoms with van der Waals surface area (Å²) in [6, 6.07) is 12.6. The van der Waals surface area contributed by atoms with Crippen molar-refractivity contribution in [1.29, 1.82) is 0 Å². The van der Waals surface area contributed by atoms with Crippen molar-refractivity contribution >= 4 is 28.8 Å². The number of nitro groups is 2. The third kappa shape index (κ3) is 3.19. The third-order valence-electron chi connectivity index (χ3n) is 4.10. The average molecular weight is 384 g/mol. The highest BCUT2D eigenvalue weighted by Crippen LogP contribution is 2.33. The lowest BCUT2D eigenvalue weighted by Crippen LogP contribution is -2.30. The maximum Gasteiger partial charge on any atom is 0.271 e. The summed E-state index contributed by atoms with van der Waals surface area (Å²) in [7, 11) is 0. The fourth-order valence-corrected chi connectivity index (χ4v) is 3.70. The standard InChI is InChI=1S/C16H12N6O4S/c23-21(24)13-5-1-3-11(7-13)15-17-18-16-20(15)9-19(10-27-16)12-4-2-6-14(8-12)22(25)26/h1-8H,9-10H2. The van der Waals surface area contributed by atoms with E-state index in [0.717, 1.165) is 0 Å². The summed E-state index contributed by atoms with van der Waals surface area (Å²) in [6.07, 6.45) is 0. The minimum absolute atomic E-state index is 0.0194. The van der Waals surface area contributed by atoms with Gasteiger partial charge < -0.3 is 4.90 Å². The Morgan fingerprint density at radius 3 is 2.41 bits per heavy atom. The van der Waals surface area contributed by atoms with Crippen molar-refractivity contribution in [1.82, 2.24) is 14.8 Å². The van der Waals surface area contributed by atoms with Gasteiger partial charge in [0, 0.05) is 35.5 Å². The molecular weight excluding hydrogens is 372 g/mol. The topological polar surface area (TPSA) is 120 Å². The Labute approximate surface area is 156 Å². The van der Waals surface area contributed by atoms with E-state index >= 15 is 0 Å². The summed E-state index contributed by atoms with van der Waals surface area (Å²) in [4.78, 5) is 23.1. The van der Waals surface area contributed by atoms with Crippen LogP contribution in [-0.2, 0) is 6.67 Å². The molecule has 0 saturated heterocycles. The summed E-state index contributed by atoms with van der Waals surface area (Å²) >= 11 is 1.44. The Hall–Kier alpha value is -3.47. The molecule has 136 valence electrons. The Morgan fingerprint density at radius 2 is 1.67 bits per heavy atom. The molecule has 3 aromatic rings. The third-order valence-corrected chi connectivity index (χ3v) is 5.10. The molecule has 2 heterocycles. The number of benzene rings is 2. The van der Waals surface area contributed by atoms with Gasteiger partial charge in [-0.25, -0.2) is 0 Å². The first-order valence-electron chi connectivity index (χ1n) is 7.83. The first kappa shape index (κ1) is 17.0. The van der Waals surface area contributed by atoms with Gasteiger partial charge in [0.05, 0.1) is 22.4 Å². The van der Waals surface area contributed by atoms with Crippen LogP contribution in [0.4, 0.5) is 17.1 Å². The molecule has 0 bridgehead atoms. The molecular formula is C16H12N6O4S. The van der Waals surface area contributed by atoms with E-state index in [-0.39, 0.29) is 11.4 Å². The van der Waals surface area contributed by atoms with Crippen molar-refractivity contribution in [3.05, 3.63) is 68.8 Å². The van der Waals surface area contributed by atoms with Crippen LogP contribution in [-0.4, -0.2) is 30.5 Å². The van der Waals surface area contributed by atoms with E-state index in [1.807, 2.05) is 9.47 Å². The van der Waals surface area contributed by atoms with Crippen LogP contribution in [0.3, 0.4) is 0 Å². The minimum atomic E-state index is -0.457. The number of aromatic nitrogens is 3. The molecule has 1 aromatic heterocycles. The van der Waals surface area contributed by atoms with E-state index in [4.69, 9.17) is 0 Å². The smallest absolute Gasteiger partial charge is 0.271 e. The number of anilines is 1. The highest BCUT2D eigenvalue weighted by molar-refractivity contribution is 7.99. The van der Waals surface area contributed by atoms with E-state index < -0.39 is 9.85 Å². The average Bonchev–Trinajstić information content (AvgIpc) is 3.11. The van der Waals surface area contributed by atoms with Crippen molar-refractivity contribution in [2.45, 2.75) is 11.8 Å². The second kappa shape index (κ2) is 6.68. The van der Waals surface area contributed by atoms with Crippen LogP contribution in [0.5, 0.6) is 0 Å². The van der Waals surface area contributed by atoms with Crippen molar-refractivity contribution < 1.29 is 9.85 Å². The van der Waals surface area contributed by atoms with Crippen molar-refractivity contribution in [3.63, 3.8) is 0 Å². The zero-order valence-electron chi connectivity index (χ0n) is 13.8. The van der Waals surface area contributed by atoms with Gasteiger partial charge in [-0.05, 0) is 6.07 Å². The Morgan fingerprint density at radius 1 is 0.963 bits per heavy atom. The van der Waals surface area contributed by atoms with Crippen LogP contribution in [0.25, 0.3) is 11.4 Å². The summed E-state index contributed by atoms with van der Waals surface area (Å²) in [6.45, 7) is 0.383. The van der Waals surface area contributed by atoms with Crippen LogP contribution in [0, 0.1) is 20.2 Å². The molecule has 0 aliphatic carbocycles. The van der Waals surface area contributed by atoms with Crippen LogP contribution in [0.1, 0.15) is 0 Å². The zero-order valence-corrected chi connectivity index (χ0v) is 14.6. The summed E-state index contributed by atoms with van der Waals surface area (Å²) < 4.78 is 1.84. The molecule has 0 spiro atoms. The van der Waals surface area contributed by atoms with Gasteiger partial charge in [0.25, 0.3) is 11.4 Å². The van der Waals surface area contributed by atoms with Crippen LogP contribution >= 0.6 is 11.8 Å². The fraction of sp³-hybridized carbons (Fsp3) is 0.125. The van der Waals surface area contributed by atoms with Gasteiger partial charge in [0.15, 0.2) is 11.0 Å². The molecule has 0 N–H and O–H groups in total. The normalized spacial score (nSPS) is 13.3. The lowest BCUT2D eigenvalue weighted by Gasteiger charge is -2.29. The molecule has 27 heavy (non-hydrogen) atoms. The molecule has 1 aliphatic rings. The minimum Gasteiger partial charge on any atom is -0.343 e. The molecule has 10 nitrogen and oxygen atoms in total. The first-order valence-corrected chi connectivity index (χ1v) is 8.82. The fourth-order valence-electron chi connectivity index (χ4n) is 2.80. The van der Waals surface area contributed by atoms with Crippen molar-refractivity contribution in [3.8, 4) is 11.4 Å². The van der Waals surface area contributed by atoms with Crippen molar-refractivity contribution in [2.24, 2.45) is 0 Å². The van der Waals surface area contributed by atoms with Crippen LogP contribution in [0.2, 0.25) is 0 Å². The predicted molar refractivity (Wildman–Crippen MR) is 98.4 cm³/mol. The predicted octanol–water partition coefficient (Wildman–Crippen LogP) is 3.29. The summed E-state index contributed by atoms with van der Waals surface area (Å²) in [5.74, 6) is 1.07. The van der Waals surface area contributed by atoms with Gasteiger partial charge in [-0.15, -0.1) is 10.2 Å². The zero-order chi connectivity index (χ0) is 19.0. The van der Waals surface area contributed by atoms with E-state index in [9.17, 15) is 20.2 Å². The molecule has 0 saturated carbocycles. The second-order valence-corrected chi connectivity index (χ2v) is 6.69. The molecule has 0 unspecified atom stereocenters. The number of rotatable bonds is 4. The number of fused-ring (bicyclic) bond motifs is 1. The van der Waals surface area contributed by atoms with Gasteiger partial charge in [0.1, 0.15) is 0 Å². The Kier molecular flexibility index (Phi) is 4.20. The molecule has 1 aliphatic heterocycles. The van der Waals surface area contributed by atoms with E-state index in [2.05, 4.69) is 10.2 Å². The van der Waals surface area contributed by atoms with Gasteiger partial charge in [0.2, 0.25) is 0 Å².